The van der Waals surface area contributed by atoms with E-state index in [1.165, 1.54) is 4.90 Å². The van der Waals surface area contributed by atoms with Crippen LogP contribution in [0.4, 0.5) is 4.79 Å². The fourth-order valence-electron chi connectivity index (χ4n) is 3.63. The van der Waals surface area contributed by atoms with Crippen molar-refractivity contribution in [1.29, 1.82) is 0 Å². The van der Waals surface area contributed by atoms with Crippen molar-refractivity contribution in [2.45, 2.75) is 45.8 Å². The number of carbonyl (C=O) groups is 3. The first-order valence-corrected chi connectivity index (χ1v) is 9.65. The van der Waals surface area contributed by atoms with Gasteiger partial charge in [0.2, 0.25) is 0 Å². The molecule has 0 aromatic heterocycles. The summed E-state index contributed by atoms with van der Waals surface area (Å²) in [5.41, 5.74) is 0.332. The van der Waals surface area contributed by atoms with E-state index in [1.54, 1.807) is 4.90 Å². The molecule has 152 valence electrons. The Bertz CT molecular complexity index is 725. The summed E-state index contributed by atoms with van der Waals surface area (Å²) in [6.45, 7) is 7.93. The van der Waals surface area contributed by atoms with Gasteiger partial charge in [-0.3, -0.25) is 4.79 Å². The van der Waals surface area contributed by atoms with Crippen LogP contribution in [0.5, 0.6) is 0 Å². The molecule has 0 saturated carbocycles. The highest BCUT2D eigenvalue weighted by atomic mass is 16.6. The maximum atomic E-state index is 12.3. The van der Waals surface area contributed by atoms with Crippen LogP contribution in [0.25, 0.3) is 0 Å². The number of hydrogen-bond donors (Lipinski definition) is 0. The molecule has 3 rings (SSSR count). The molecule has 2 amide bonds. The lowest BCUT2D eigenvalue weighted by atomic mass is 9.72. The summed E-state index contributed by atoms with van der Waals surface area (Å²) in [5, 5.41) is 0. The van der Waals surface area contributed by atoms with Crippen LogP contribution in [0, 0.1) is 5.41 Å². The van der Waals surface area contributed by atoms with Gasteiger partial charge in [0, 0.05) is 31.6 Å². The lowest BCUT2D eigenvalue weighted by Crippen LogP contribution is -2.63. The standard InChI is InChI=1S/C21H28N2O5/c1-20(2,3)28-19(26)22-11-9-21(10-12-22)14-23(15-21)17(24)18(25)27-13-16-7-5-4-6-8-16/h4-8H,9-15H2,1-3H3. The van der Waals surface area contributed by atoms with E-state index >= 15 is 0 Å². The average Bonchev–Trinajstić information content (AvgIpc) is 2.63. The van der Waals surface area contributed by atoms with E-state index in [0.717, 1.165) is 18.4 Å². The van der Waals surface area contributed by atoms with Gasteiger partial charge < -0.3 is 19.3 Å². The molecule has 0 unspecified atom stereocenters. The lowest BCUT2D eigenvalue weighted by molar-refractivity contribution is -0.168. The Balaban J connectivity index is 1.42. The molecule has 2 saturated heterocycles. The lowest BCUT2D eigenvalue weighted by Gasteiger charge is -2.53. The predicted molar refractivity (Wildman–Crippen MR) is 102 cm³/mol. The molecule has 1 aromatic carbocycles. The molecule has 1 aromatic rings. The summed E-state index contributed by atoms with van der Waals surface area (Å²) in [6.07, 6.45) is 1.31. The second kappa shape index (κ2) is 7.81. The normalized spacial score (nSPS) is 18.4. The van der Waals surface area contributed by atoms with Crippen LogP contribution in [-0.4, -0.2) is 59.5 Å². The highest BCUT2D eigenvalue weighted by Crippen LogP contribution is 2.40. The summed E-state index contributed by atoms with van der Waals surface area (Å²) < 4.78 is 10.5. The van der Waals surface area contributed by atoms with E-state index in [1.807, 2.05) is 51.1 Å². The van der Waals surface area contributed by atoms with E-state index in [2.05, 4.69) is 0 Å². The van der Waals surface area contributed by atoms with Gasteiger partial charge in [-0.05, 0) is 39.2 Å². The van der Waals surface area contributed by atoms with Gasteiger partial charge in [0.25, 0.3) is 0 Å². The topological polar surface area (TPSA) is 76.2 Å². The molecular weight excluding hydrogens is 360 g/mol. The monoisotopic (exact) mass is 388 g/mol. The third kappa shape index (κ3) is 4.82. The highest BCUT2D eigenvalue weighted by molar-refractivity contribution is 6.32. The van der Waals surface area contributed by atoms with Crippen LogP contribution in [0.15, 0.2) is 30.3 Å². The first kappa shape index (κ1) is 20.2. The minimum absolute atomic E-state index is 0.00607. The van der Waals surface area contributed by atoms with Gasteiger partial charge in [-0.15, -0.1) is 0 Å². The van der Waals surface area contributed by atoms with Gasteiger partial charge in [-0.25, -0.2) is 9.59 Å². The third-order valence-electron chi connectivity index (χ3n) is 5.20. The number of piperidine rings is 1. The molecule has 2 heterocycles. The molecule has 0 aliphatic carbocycles. The number of carbonyl (C=O) groups excluding carboxylic acids is 3. The fourth-order valence-corrected chi connectivity index (χ4v) is 3.63. The Morgan fingerprint density at radius 1 is 1.00 bits per heavy atom. The molecule has 0 N–H and O–H groups in total. The van der Waals surface area contributed by atoms with Crippen molar-refractivity contribution in [2.24, 2.45) is 5.41 Å². The van der Waals surface area contributed by atoms with E-state index in [4.69, 9.17) is 9.47 Å². The van der Waals surface area contributed by atoms with Crippen molar-refractivity contribution in [2.75, 3.05) is 26.2 Å². The molecule has 2 aliphatic heterocycles. The average molecular weight is 388 g/mol. The van der Waals surface area contributed by atoms with Crippen LogP contribution in [0.3, 0.4) is 0 Å². The third-order valence-corrected chi connectivity index (χ3v) is 5.20. The first-order chi connectivity index (χ1) is 13.2. The van der Waals surface area contributed by atoms with E-state index in [-0.39, 0.29) is 18.1 Å². The number of benzene rings is 1. The Kier molecular flexibility index (Phi) is 5.63. The van der Waals surface area contributed by atoms with Gasteiger partial charge >= 0.3 is 18.0 Å². The molecule has 7 nitrogen and oxygen atoms in total. The quantitative estimate of drug-likeness (QED) is 0.575. The summed E-state index contributed by atoms with van der Waals surface area (Å²) in [6, 6.07) is 9.27. The van der Waals surface area contributed by atoms with Gasteiger partial charge in [0.15, 0.2) is 0 Å². The molecule has 2 aliphatic rings. The Morgan fingerprint density at radius 2 is 1.61 bits per heavy atom. The van der Waals surface area contributed by atoms with Crippen LogP contribution in [0.2, 0.25) is 0 Å². The second-order valence-electron chi connectivity index (χ2n) is 8.69. The van der Waals surface area contributed by atoms with Crippen molar-refractivity contribution in [3.63, 3.8) is 0 Å². The zero-order chi connectivity index (χ0) is 20.4. The molecule has 28 heavy (non-hydrogen) atoms. The minimum Gasteiger partial charge on any atom is -0.454 e. The summed E-state index contributed by atoms with van der Waals surface area (Å²) >= 11 is 0. The maximum Gasteiger partial charge on any atom is 0.410 e. The SMILES string of the molecule is CC(C)(C)OC(=O)N1CCC2(CC1)CN(C(=O)C(=O)OCc1ccccc1)C2. The Morgan fingerprint density at radius 3 is 2.18 bits per heavy atom. The molecule has 0 bridgehead atoms. The fraction of sp³-hybridized carbons (Fsp3) is 0.571. The largest absolute Gasteiger partial charge is 0.454 e. The zero-order valence-corrected chi connectivity index (χ0v) is 16.8. The van der Waals surface area contributed by atoms with Gasteiger partial charge in [0.05, 0.1) is 0 Å². The Labute approximate surface area is 165 Å². The summed E-state index contributed by atoms with van der Waals surface area (Å²) in [5.74, 6) is -1.40. The van der Waals surface area contributed by atoms with E-state index in [9.17, 15) is 14.4 Å². The number of esters is 1. The molecule has 0 radical (unpaired) electrons. The number of amides is 2. The van der Waals surface area contributed by atoms with E-state index < -0.39 is 17.5 Å². The van der Waals surface area contributed by atoms with Crippen molar-refractivity contribution < 1.29 is 23.9 Å². The van der Waals surface area contributed by atoms with Crippen molar-refractivity contribution >= 4 is 18.0 Å². The first-order valence-electron chi connectivity index (χ1n) is 9.65. The van der Waals surface area contributed by atoms with Gasteiger partial charge in [-0.2, -0.15) is 0 Å². The summed E-state index contributed by atoms with van der Waals surface area (Å²) in [7, 11) is 0. The highest BCUT2D eigenvalue weighted by Gasteiger charge is 2.49. The van der Waals surface area contributed by atoms with Crippen LogP contribution >= 0.6 is 0 Å². The van der Waals surface area contributed by atoms with Crippen LogP contribution < -0.4 is 0 Å². The molecule has 2 fully saturated rings. The van der Waals surface area contributed by atoms with Crippen LogP contribution in [0.1, 0.15) is 39.2 Å². The number of hydrogen-bond acceptors (Lipinski definition) is 5. The number of likely N-dealkylation sites (tertiary alicyclic amines) is 2. The van der Waals surface area contributed by atoms with Gasteiger partial charge in [-0.1, -0.05) is 30.3 Å². The number of ether oxygens (including phenoxy) is 2. The smallest absolute Gasteiger partial charge is 0.410 e. The van der Waals surface area contributed by atoms with E-state index in [0.29, 0.717) is 26.2 Å². The number of nitrogens with zero attached hydrogens (tertiary/aromatic N) is 2. The van der Waals surface area contributed by atoms with Crippen molar-refractivity contribution in [1.82, 2.24) is 9.80 Å². The minimum atomic E-state index is -0.815. The second-order valence-corrected chi connectivity index (χ2v) is 8.69. The molecular formula is C21H28N2O5. The number of rotatable bonds is 2. The van der Waals surface area contributed by atoms with Gasteiger partial charge in [0.1, 0.15) is 12.2 Å². The van der Waals surface area contributed by atoms with Crippen molar-refractivity contribution in [3.05, 3.63) is 35.9 Å². The molecule has 1 spiro atoms. The Hall–Kier alpha value is -2.57. The maximum absolute atomic E-state index is 12.3. The zero-order valence-electron chi connectivity index (χ0n) is 16.8. The van der Waals surface area contributed by atoms with Crippen molar-refractivity contribution in [3.8, 4) is 0 Å². The molecule has 7 heteroatoms. The molecule has 0 atom stereocenters. The summed E-state index contributed by atoms with van der Waals surface area (Å²) in [4.78, 5) is 39.7. The predicted octanol–water partition coefficient (Wildman–Crippen LogP) is 2.59. The van der Waals surface area contributed by atoms with Crippen LogP contribution in [-0.2, 0) is 25.7 Å².